The Morgan fingerprint density at radius 2 is 2.00 bits per heavy atom. The van der Waals surface area contributed by atoms with Gasteiger partial charge in [-0.15, -0.1) is 0 Å². The van der Waals surface area contributed by atoms with E-state index >= 15 is 0 Å². The van der Waals surface area contributed by atoms with Gasteiger partial charge in [-0.2, -0.15) is 13.9 Å². The number of nitrogens with zero attached hydrogens (tertiary/aromatic N) is 2. The summed E-state index contributed by atoms with van der Waals surface area (Å²) < 4.78 is 35.5. The van der Waals surface area contributed by atoms with E-state index in [1.807, 2.05) is 0 Å². The first kappa shape index (κ1) is 14.3. The van der Waals surface area contributed by atoms with Gasteiger partial charge in [0.2, 0.25) is 0 Å². The number of aryl methyl sites for hydroxylation is 1. The molecule has 0 aliphatic heterocycles. The Labute approximate surface area is 114 Å². The van der Waals surface area contributed by atoms with Gasteiger partial charge >= 0.3 is 6.61 Å². The van der Waals surface area contributed by atoms with E-state index in [-0.39, 0.29) is 11.5 Å². The van der Waals surface area contributed by atoms with Crippen LogP contribution in [0.1, 0.15) is 17.4 Å². The van der Waals surface area contributed by atoms with E-state index in [0.29, 0.717) is 11.3 Å². The second-order valence-corrected chi connectivity index (χ2v) is 4.07. The second-order valence-electron chi connectivity index (χ2n) is 4.07. The normalized spacial score (nSPS) is 12.5. The maximum absolute atomic E-state index is 12.4. The molecule has 0 aliphatic rings. The number of aliphatic hydroxyl groups excluding tert-OH is 1. The van der Waals surface area contributed by atoms with Crippen LogP contribution < -0.4 is 9.47 Å². The summed E-state index contributed by atoms with van der Waals surface area (Å²) in [7, 11) is 3.03. The van der Waals surface area contributed by atoms with Crippen molar-refractivity contribution in [1.82, 2.24) is 9.78 Å². The van der Waals surface area contributed by atoms with Crippen molar-refractivity contribution >= 4 is 0 Å². The lowest BCUT2D eigenvalue weighted by atomic mass is 10.1. The summed E-state index contributed by atoms with van der Waals surface area (Å²) in [6, 6.07) is 6.01. The Balaban J connectivity index is 2.35. The maximum atomic E-state index is 12.4. The Hall–Kier alpha value is -2.15. The number of alkyl halides is 2. The number of ether oxygens (including phenoxy) is 2. The molecule has 2 aromatic rings. The van der Waals surface area contributed by atoms with Gasteiger partial charge in [-0.1, -0.05) is 6.07 Å². The van der Waals surface area contributed by atoms with Gasteiger partial charge in [0.1, 0.15) is 6.10 Å². The van der Waals surface area contributed by atoms with Crippen molar-refractivity contribution in [3.8, 4) is 11.5 Å². The zero-order chi connectivity index (χ0) is 14.7. The lowest BCUT2D eigenvalue weighted by Crippen LogP contribution is -2.08. The summed E-state index contributed by atoms with van der Waals surface area (Å²) in [5.74, 6) is 0.0486. The smallest absolute Gasteiger partial charge is 0.387 e. The van der Waals surface area contributed by atoms with E-state index in [2.05, 4.69) is 9.84 Å². The minimum Gasteiger partial charge on any atom is -0.493 e. The quantitative estimate of drug-likeness (QED) is 0.913. The summed E-state index contributed by atoms with van der Waals surface area (Å²) >= 11 is 0. The van der Waals surface area contributed by atoms with Gasteiger partial charge in [0, 0.05) is 13.2 Å². The average molecular weight is 284 g/mol. The third-order valence-electron chi connectivity index (χ3n) is 2.86. The van der Waals surface area contributed by atoms with Crippen LogP contribution in [0.15, 0.2) is 30.5 Å². The highest BCUT2D eigenvalue weighted by atomic mass is 19.3. The lowest BCUT2D eigenvalue weighted by Gasteiger charge is -2.15. The zero-order valence-electron chi connectivity index (χ0n) is 11.0. The molecule has 0 radical (unpaired) electrons. The number of aliphatic hydroxyl groups is 1. The lowest BCUT2D eigenvalue weighted by molar-refractivity contribution is -0.0513. The molecule has 0 saturated carbocycles. The first-order valence-corrected chi connectivity index (χ1v) is 5.81. The number of hydrogen-bond acceptors (Lipinski definition) is 4. The van der Waals surface area contributed by atoms with Crippen molar-refractivity contribution < 1.29 is 23.4 Å². The third kappa shape index (κ3) is 2.88. The molecule has 1 aromatic carbocycles. The fraction of sp³-hybridized carbons (Fsp3) is 0.308. The highest BCUT2D eigenvalue weighted by molar-refractivity contribution is 5.44. The Morgan fingerprint density at radius 3 is 2.55 bits per heavy atom. The van der Waals surface area contributed by atoms with E-state index in [4.69, 9.17) is 4.74 Å². The molecule has 0 amide bonds. The van der Waals surface area contributed by atoms with E-state index in [9.17, 15) is 13.9 Å². The van der Waals surface area contributed by atoms with Crippen LogP contribution in [-0.2, 0) is 7.05 Å². The molecule has 2 rings (SSSR count). The number of aromatic nitrogens is 2. The predicted octanol–water partition coefficient (Wildman–Crippen LogP) is 2.11. The van der Waals surface area contributed by atoms with Crippen LogP contribution >= 0.6 is 0 Å². The molecular formula is C13H14F2N2O3. The standard InChI is InChI=1S/C13H14F2N2O3/c1-17-9(5-6-16-17)12(18)8-3-4-10(19-2)11(7-8)20-13(14)15/h3-7,12-13,18H,1-2H3. The molecule has 5 nitrogen and oxygen atoms in total. The number of hydrogen-bond donors (Lipinski definition) is 1. The summed E-state index contributed by atoms with van der Waals surface area (Å²) in [6.45, 7) is -2.96. The van der Waals surface area contributed by atoms with Crippen molar-refractivity contribution in [3.05, 3.63) is 41.7 Å². The van der Waals surface area contributed by atoms with Crippen LogP contribution in [0.5, 0.6) is 11.5 Å². The summed E-state index contributed by atoms with van der Waals surface area (Å²) in [5, 5.41) is 14.2. The fourth-order valence-corrected chi connectivity index (χ4v) is 1.87. The first-order chi connectivity index (χ1) is 9.52. The number of benzene rings is 1. The first-order valence-electron chi connectivity index (χ1n) is 5.81. The molecule has 0 saturated heterocycles. The highest BCUT2D eigenvalue weighted by Gasteiger charge is 2.18. The minimum atomic E-state index is -2.96. The van der Waals surface area contributed by atoms with E-state index in [1.165, 1.54) is 23.9 Å². The largest absolute Gasteiger partial charge is 0.493 e. The van der Waals surface area contributed by atoms with E-state index < -0.39 is 12.7 Å². The summed E-state index contributed by atoms with van der Waals surface area (Å²) in [6.07, 6.45) is 0.548. The van der Waals surface area contributed by atoms with Crippen molar-refractivity contribution in [2.24, 2.45) is 7.05 Å². The Morgan fingerprint density at radius 1 is 1.25 bits per heavy atom. The number of rotatable bonds is 5. The molecular weight excluding hydrogens is 270 g/mol. The maximum Gasteiger partial charge on any atom is 0.387 e. The van der Waals surface area contributed by atoms with Crippen LogP contribution in [0.3, 0.4) is 0 Å². The van der Waals surface area contributed by atoms with Crippen molar-refractivity contribution in [3.63, 3.8) is 0 Å². The summed E-state index contributed by atoms with van der Waals surface area (Å²) in [5.41, 5.74) is 0.947. The molecule has 0 fully saturated rings. The van der Waals surface area contributed by atoms with Crippen molar-refractivity contribution in [2.45, 2.75) is 12.7 Å². The van der Waals surface area contributed by atoms with Gasteiger partial charge in [-0.3, -0.25) is 4.68 Å². The predicted molar refractivity (Wildman–Crippen MR) is 66.9 cm³/mol. The molecule has 7 heteroatoms. The SMILES string of the molecule is COc1ccc(C(O)c2ccnn2C)cc1OC(F)F. The molecule has 0 bridgehead atoms. The Bertz CT molecular complexity index is 587. The Kier molecular flexibility index (Phi) is 4.19. The number of halogens is 2. The molecule has 108 valence electrons. The minimum absolute atomic E-state index is 0.124. The molecule has 20 heavy (non-hydrogen) atoms. The molecule has 1 N–H and O–H groups in total. The van der Waals surface area contributed by atoms with Crippen LogP contribution in [0.25, 0.3) is 0 Å². The molecule has 1 unspecified atom stereocenters. The second kappa shape index (κ2) is 5.87. The van der Waals surface area contributed by atoms with Crippen molar-refractivity contribution in [1.29, 1.82) is 0 Å². The van der Waals surface area contributed by atoms with Gasteiger partial charge in [-0.25, -0.2) is 0 Å². The van der Waals surface area contributed by atoms with Gasteiger partial charge in [0.25, 0.3) is 0 Å². The summed E-state index contributed by atoms with van der Waals surface area (Å²) in [4.78, 5) is 0. The van der Waals surface area contributed by atoms with Crippen LogP contribution in [-0.4, -0.2) is 28.6 Å². The topological polar surface area (TPSA) is 56.5 Å². The van der Waals surface area contributed by atoms with E-state index in [0.717, 1.165) is 0 Å². The van der Waals surface area contributed by atoms with Crippen LogP contribution in [0, 0.1) is 0 Å². The molecule has 0 spiro atoms. The highest BCUT2D eigenvalue weighted by Crippen LogP contribution is 2.33. The van der Waals surface area contributed by atoms with Gasteiger partial charge in [0.05, 0.1) is 12.8 Å². The zero-order valence-corrected chi connectivity index (χ0v) is 11.0. The average Bonchev–Trinajstić information content (AvgIpc) is 2.83. The monoisotopic (exact) mass is 284 g/mol. The molecule has 1 heterocycles. The number of methoxy groups -OCH3 is 1. The van der Waals surface area contributed by atoms with Gasteiger partial charge < -0.3 is 14.6 Å². The van der Waals surface area contributed by atoms with Gasteiger partial charge in [0.15, 0.2) is 11.5 Å². The molecule has 0 aliphatic carbocycles. The van der Waals surface area contributed by atoms with Crippen LogP contribution in [0.4, 0.5) is 8.78 Å². The molecule has 1 atom stereocenters. The molecule has 1 aromatic heterocycles. The third-order valence-corrected chi connectivity index (χ3v) is 2.86. The van der Waals surface area contributed by atoms with Gasteiger partial charge in [-0.05, 0) is 23.8 Å². The van der Waals surface area contributed by atoms with Crippen LogP contribution in [0.2, 0.25) is 0 Å². The fourth-order valence-electron chi connectivity index (χ4n) is 1.87. The van der Waals surface area contributed by atoms with Crippen molar-refractivity contribution in [2.75, 3.05) is 7.11 Å². The van der Waals surface area contributed by atoms with E-state index in [1.54, 1.807) is 25.4 Å².